The van der Waals surface area contributed by atoms with Gasteiger partial charge in [-0.1, -0.05) is 0 Å². The molecule has 0 amide bonds. The second-order valence-corrected chi connectivity index (χ2v) is 1.99. The van der Waals surface area contributed by atoms with Gasteiger partial charge in [0.15, 0.2) is 11.1 Å². The van der Waals surface area contributed by atoms with Crippen molar-refractivity contribution in [3.63, 3.8) is 0 Å². The average Bonchev–Trinajstić information content (AvgIpc) is 2.36. The summed E-state index contributed by atoms with van der Waals surface area (Å²) < 4.78 is 0. The third-order valence-electron chi connectivity index (χ3n) is 1.36. The normalized spacial score (nSPS) is 10.4. The number of hydrogen-bond acceptors (Lipinski definition) is 2. The standard InChI is InChI=1S/C6H5N3O/c10-5-1-2-7-6-4(5)3-8-9-6/h1-3H,(H2,7,8,9,10). The van der Waals surface area contributed by atoms with Crippen LogP contribution in [0.4, 0.5) is 0 Å². The lowest BCUT2D eigenvalue weighted by molar-refractivity contribution is 1.10. The van der Waals surface area contributed by atoms with E-state index in [1.807, 2.05) is 0 Å². The summed E-state index contributed by atoms with van der Waals surface area (Å²) in [6, 6.07) is 1.47. The maximum absolute atomic E-state index is 11.0. The Morgan fingerprint density at radius 3 is 3.20 bits per heavy atom. The Kier molecular flexibility index (Phi) is 0.887. The van der Waals surface area contributed by atoms with Gasteiger partial charge < -0.3 is 4.98 Å². The fourth-order valence-corrected chi connectivity index (χ4v) is 0.874. The molecular weight excluding hydrogens is 130 g/mol. The topological polar surface area (TPSA) is 61.5 Å². The number of H-pyrrole nitrogens is 2. The Morgan fingerprint density at radius 1 is 1.50 bits per heavy atom. The Bertz CT molecular complexity index is 400. The van der Waals surface area contributed by atoms with Crippen molar-refractivity contribution >= 4 is 11.0 Å². The second kappa shape index (κ2) is 1.70. The van der Waals surface area contributed by atoms with E-state index in [0.717, 1.165) is 0 Å². The van der Waals surface area contributed by atoms with Crippen LogP contribution in [-0.2, 0) is 0 Å². The molecule has 2 N–H and O–H groups in total. The summed E-state index contributed by atoms with van der Waals surface area (Å²) in [6.45, 7) is 0. The largest absolute Gasteiger partial charge is 0.344 e. The van der Waals surface area contributed by atoms with E-state index in [9.17, 15) is 4.79 Å². The lowest BCUT2D eigenvalue weighted by Gasteiger charge is -1.81. The number of aromatic nitrogens is 3. The molecule has 0 atom stereocenters. The van der Waals surface area contributed by atoms with Gasteiger partial charge in [0.25, 0.3) is 0 Å². The summed E-state index contributed by atoms with van der Waals surface area (Å²) >= 11 is 0. The summed E-state index contributed by atoms with van der Waals surface area (Å²) in [5, 5.41) is 7.00. The van der Waals surface area contributed by atoms with Crippen LogP contribution in [0.3, 0.4) is 0 Å². The van der Waals surface area contributed by atoms with Gasteiger partial charge in [-0.2, -0.15) is 5.10 Å². The van der Waals surface area contributed by atoms with Gasteiger partial charge in [-0.3, -0.25) is 9.89 Å². The third-order valence-corrected chi connectivity index (χ3v) is 1.36. The average molecular weight is 135 g/mol. The maximum Gasteiger partial charge on any atom is 0.192 e. The van der Waals surface area contributed by atoms with Gasteiger partial charge >= 0.3 is 0 Å². The van der Waals surface area contributed by atoms with E-state index >= 15 is 0 Å². The molecule has 2 aromatic rings. The van der Waals surface area contributed by atoms with E-state index < -0.39 is 0 Å². The lowest BCUT2D eigenvalue weighted by Crippen LogP contribution is -1.97. The molecular formula is C6H5N3O. The molecule has 0 aliphatic heterocycles. The number of fused-ring (bicyclic) bond motifs is 1. The Morgan fingerprint density at radius 2 is 2.40 bits per heavy atom. The first-order valence-electron chi connectivity index (χ1n) is 2.89. The molecule has 2 aromatic heterocycles. The molecule has 50 valence electrons. The van der Waals surface area contributed by atoms with E-state index in [-0.39, 0.29) is 5.43 Å². The number of hydrogen-bond donors (Lipinski definition) is 2. The highest BCUT2D eigenvalue weighted by molar-refractivity contribution is 5.72. The summed E-state index contributed by atoms with van der Waals surface area (Å²) in [4.78, 5) is 13.8. The molecule has 0 radical (unpaired) electrons. The van der Waals surface area contributed by atoms with E-state index in [0.29, 0.717) is 11.0 Å². The van der Waals surface area contributed by atoms with Gasteiger partial charge in [-0.05, 0) is 0 Å². The van der Waals surface area contributed by atoms with E-state index in [1.54, 1.807) is 12.4 Å². The van der Waals surface area contributed by atoms with Crippen LogP contribution in [0.5, 0.6) is 0 Å². The molecule has 0 spiro atoms. The van der Waals surface area contributed by atoms with E-state index in [4.69, 9.17) is 0 Å². The van der Waals surface area contributed by atoms with Crippen molar-refractivity contribution in [2.75, 3.05) is 0 Å². The van der Waals surface area contributed by atoms with Crippen molar-refractivity contribution in [1.29, 1.82) is 0 Å². The van der Waals surface area contributed by atoms with Gasteiger partial charge in [0, 0.05) is 18.5 Å². The molecule has 10 heavy (non-hydrogen) atoms. The smallest absolute Gasteiger partial charge is 0.192 e. The molecule has 4 nitrogen and oxygen atoms in total. The Labute approximate surface area is 55.9 Å². The Hall–Kier alpha value is -1.58. The summed E-state index contributed by atoms with van der Waals surface area (Å²) in [5.74, 6) is 0. The third kappa shape index (κ3) is 0.556. The van der Waals surface area contributed by atoms with Crippen molar-refractivity contribution in [2.45, 2.75) is 0 Å². The zero-order valence-electron chi connectivity index (χ0n) is 5.09. The highest BCUT2D eigenvalue weighted by Crippen LogP contribution is 1.97. The van der Waals surface area contributed by atoms with Crippen LogP contribution in [0.1, 0.15) is 0 Å². The molecule has 0 saturated heterocycles. The fraction of sp³-hybridized carbons (Fsp3) is 0. The van der Waals surface area contributed by atoms with Gasteiger partial charge in [0.2, 0.25) is 0 Å². The van der Waals surface area contributed by atoms with Crippen LogP contribution in [0, 0.1) is 0 Å². The zero-order chi connectivity index (χ0) is 6.97. The molecule has 0 bridgehead atoms. The fourth-order valence-electron chi connectivity index (χ4n) is 0.874. The number of nitrogens with zero attached hydrogens (tertiary/aromatic N) is 1. The van der Waals surface area contributed by atoms with E-state index in [2.05, 4.69) is 15.2 Å². The van der Waals surface area contributed by atoms with Crippen molar-refractivity contribution < 1.29 is 0 Å². The van der Waals surface area contributed by atoms with Gasteiger partial charge in [-0.25, -0.2) is 0 Å². The molecule has 0 aromatic carbocycles. The highest BCUT2D eigenvalue weighted by Gasteiger charge is 1.96. The number of pyridine rings is 1. The zero-order valence-corrected chi connectivity index (χ0v) is 5.09. The van der Waals surface area contributed by atoms with Crippen molar-refractivity contribution in [1.82, 2.24) is 15.2 Å². The van der Waals surface area contributed by atoms with Crippen molar-refractivity contribution in [3.8, 4) is 0 Å². The molecule has 0 aliphatic carbocycles. The Balaban J connectivity index is 3.09. The quantitative estimate of drug-likeness (QED) is 0.544. The van der Waals surface area contributed by atoms with Gasteiger partial charge in [0.05, 0.1) is 5.39 Å². The van der Waals surface area contributed by atoms with E-state index in [1.165, 1.54) is 6.07 Å². The van der Waals surface area contributed by atoms with Crippen LogP contribution in [0.2, 0.25) is 0 Å². The molecule has 2 heterocycles. The molecule has 2 rings (SSSR count). The van der Waals surface area contributed by atoms with Crippen molar-refractivity contribution in [2.24, 2.45) is 0 Å². The van der Waals surface area contributed by atoms with Gasteiger partial charge in [-0.15, -0.1) is 0 Å². The number of nitrogens with one attached hydrogen (secondary N) is 2. The minimum Gasteiger partial charge on any atom is -0.344 e. The monoisotopic (exact) mass is 135 g/mol. The highest BCUT2D eigenvalue weighted by atomic mass is 16.1. The summed E-state index contributed by atoms with van der Waals surface area (Å²) in [7, 11) is 0. The van der Waals surface area contributed by atoms with Crippen LogP contribution >= 0.6 is 0 Å². The lowest BCUT2D eigenvalue weighted by atomic mass is 10.3. The van der Waals surface area contributed by atoms with Crippen LogP contribution in [0.15, 0.2) is 23.3 Å². The SMILES string of the molecule is O=c1cc[nH]c2n[nH]cc12. The first-order valence-corrected chi connectivity index (χ1v) is 2.89. The van der Waals surface area contributed by atoms with Gasteiger partial charge in [0.1, 0.15) is 0 Å². The molecule has 0 unspecified atom stereocenters. The molecule has 4 heteroatoms. The number of rotatable bonds is 0. The van der Waals surface area contributed by atoms with Crippen LogP contribution < -0.4 is 5.43 Å². The van der Waals surface area contributed by atoms with Crippen molar-refractivity contribution in [3.05, 3.63) is 28.7 Å². The molecule has 0 fully saturated rings. The first-order chi connectivity index (χ1) is 4.88. The minimum atomic E-state index is -0.0116. The maximum atomic E-state index is 11.0. The van der Waals surface area contributed by atoms with Crippen LogP contribution in [0.25, 0.3) is 11.0 Å². The number of aromatic amines is 2. The minimum absolute atomic E-state index is 0.0116. The predicted octanol–water partition coefficient (Wildman–Crippen LogP) is 0.251. The first kappa shape index (κ1) is 5.22. The predicted molar refractivity (Wildman–Crippen MR) is 36.7 cm³/mol. The van der Waals surface area contributed by atoms with Crippen LogP contribution in [-0.4, -0.2) is 15.2 Å². The molecule has 0 aliphatic rings. The molecule has 0 saturated carbocycles. The summed E-state index contributed by atoms with van der Waals surface area (Å²) in [6.07, 6.45) is 3.15. The summed E-state index contributed by atoms with van der Waals surface area (Å²) in [5.41, 5.74) is 0.593. The second-order valence-electron chi connectivity index (χ2n) is 1.99.